The van der Waals surface area contributed by atoms with Gasteiger partial charge in [-0.25, -0.2) is 4.99 Å². The summed E-state index contributed by atoms with van der Waals surface area (Å²) in [5.74, 6) is 0.322. The molecule has 0 aromatic heterocycles. The molecule has 104 valence electrons. The maximum absolute atomic E-state index is 9.18. The minimum absolute atomic E-state index is 0.212. The monoisotopic (exact) mass is 271 g/mol. The van der Waals surface area contributed by atoms with E-state index in [-0.39, 0.29) is 5.70 Å². The molecular weight excluding hydrogens is 254 g/mol. The Labute approximate surface area is 118 Å². The number of rotatable bonds is 4. The second-order valence-corrected chi connectivity index (χ2v) is 4.41. The molecule has 1 aliphatic rings. The van der Waals surface area contributed by atoms with Gasteiger partial charge >= 0.3 is 0 Å². The van der Waals surface area contributed by atoms with Crippen molar-refractivity contribution in [2.24, 2.45) is 4.99 Å². The SMILES string of the molecule is CCOC1(C)NC(OC)=C(C#N)N=C1c1ccccc1. The average Bonchev–Trinajstić information content (AvgIpc) is 2.48. The highest BCUT2D eigenvalue weighted by atomic mass is 16.5. The van der Waals surface area contributed by atoms with Crippen LogP contribution in [0, 0.1) is 11.3 Å². The lowest BCUT2D eigenvalue weighted by molar-refractivity contribution is -0.00329. The minimum Gasteiger partial charge on any atom is -0.480 e. The van der Waals surface area contributed by atoms with Crippen LogP contribution in [-0.4, -0.2) is 25.2 Å². The van der Waals surface area contributed by atoms with Gasteiger partial charge in [0.05, 0.1) is 7.11 Å². The third-order valence-electron chi connectivity index (χ3n) is 3.03. The van der Waals surface area contributed by atoms with Crippen LogP contribution in [0.5, 0.6) is 0 Å². The second kappa shape index (κ2) is 5.76. The highest BCUT2D eigenvalue weighted by Crippen LogP contribution is 2.25. The van der Waals surface area contributed by atoms with E-state index in [0.29, 0.717) is 18.2 Å². The Morgan fingerprint density at radius 2 is 2.05 bits per heavy atom. The number of nitrogens with one attached hydrogen (secondary N) is 1. The van der Waals surface area contributed by atoms with E-state index in [2.05, 4.69) is 10.3 Å². The van der Waals surface area contributed by atoms with Gasteiger partial charge in [0.25, 0.3) is 0 Å². The third-order valence-corrected chi connectivity index (χ3v) is 3.03. The van der Waals surface area contributed by atoms with E-state index in [1.807, 2.05) is 50.2 Å². The quantitative estimate of drug-likeness (QED) is 0.911. The summed E-state index contributed by atoms with van der Waals surface area (Å²) in [5, 5.41) is 12.3. The number of ether oxygens (including phenoxy) is 2. The fourth-order valence-electron chi connectivity index (χ4n) is 2.16. The first-order chi connectivity index (χ1) is 9.64. The van der Waals surface area contributed by atoms with Gasteiger partial charge in [-0.15, -0.1) is 0 Å². The standard InChI is InChI=1S/C15H17N3O2/c1-4-20-15(2)13(11-8-6-5-7-9-11)17-12(10-16)14(18-15)19-3/h5-9,18H,4H2,1-3H3. The Balaban J connectivity index is 2.55. The van der Waals surface area contributed by atoms with Crippen LogP contribution in [0.15, 0.2) is 46.9 Å². The molecule has 1 atom stereocenters. The van der Waals surface area contributed by atoms with E-state index in [1.165, 1.54) is 7.11 Å². The second-order valence-electron chi connectivity index (χ2n) is 4.41. The molecule has 0 aliphatic carbocycles. The van der Waals surface area contributed by atoms with E-state index >= 15 is 0 Å². The number of aliphatic imine (C=N–C) groups is 1. The summed E-state index contributed by atoms with van der Waals surface area (Å²) in [5.41, 5.74) is 0.946. The van der Waals surface area contributed by atoms with Crippen LogP contribution in [0.1, 0.15) is 19.4 Å². The zero-order valence-electron chi connectivity index (χ0n) is 11.8. The van der Waals surface area contributed by atoms with E-state index in [4.69, 9.17) is 9.47 Å². The Morgan fingerprint density at radius 1 is 1.35 bits per heavy atom. The molecule has 5 heteroatoms. The number of allylic oxidation sites excluding steroid dienone is 1. The summed E-state index contributed by atoms with van der Waals surface area (Å²) in [6.07, 6.45) is 0. The number of methoxy groups -OCH3 is 1. The van der Waals surface area contributed by atoms with Gasteiger partial charge in [0.2, 0.25) is 11.6 Å². The van der Waals surface area contributed by atoms with Crippen molar-refractivity contribution in [2.45, 2.75) is 19.6 Å². The van der Waals surface area contributed by atoms with Crippen molar-refractivity contribution in [2.75, 3.05) is 13.7 Å². The van der Waals surface area contributed by atoms with Crippen LogP contribution in [0.2, 0.25) is 0 Å². The molecule has 0 saturated heterocycles. The topological polar surface area (TPSA) is 66.6 Å². The van der Waals surface area contributed by atoms with Gasteiger partial charge < -0.3 is 14.8 Å². The van der Waals surface area contributed by atoms with Gasteiger partial charge in [-0.05, 0) is 13.8 Å². The molecule has 1 aliphatic heterocycles. The highest BCUT2D eigenvalue weighted by molar-refractivity contribution is 6.07. The van der Waals surface area contributed by atoms with Crippen LogP contribution in [0.25, 0.3) is 0 Å². The van der Waals surface area contributed by atoms with E-state index < -0.39 is 5.72 Å². The normalized spacial score (nSPS) is 21.8. The van der Waals surface area contributed by atoms with E-state index in [0.717, 1.165) is 5.56 Å². The van der Waals surface area contributed by atoms with Gasteiger partial charge in [-0.1, -0.05) is 30.3 Å². The molecule has 1 aromatic rings. The largest absolute Gasteiger partial charge is 0.480 e. The lowest BCUT2D eigenvalue weighted by Crippen LogP contribution is -2.54. The molecule has 5 nitrogen and oxygen atoms in total. The molecule has 1 unspecified atom stereocenters. The molecule has 0 spiro atoms. The van der Waals surface area contributed by atoms with Gasteiger partial charge in [0.1, 0.15) is 11.8 Å². The zero-order chi connectivity index (χ0) is 14.6. The lowest BCUT2D eigenvalue weighted by atomic mass is 9.99. The number of nitrogens with zero attached hydrogens (tertiary/aromatic N) is 2. The first kappa shape index (κ1) is 14.1. The van der Waals surface area contributed by atoms with Gasteiger partial charge in [-0.3, -0.25) is 0 Å². The van der Waals surface area contributed by atoms with Crippen molar-refractivity contribution in [1.29, 1.82) is 5.26 Å². The van der Waals surface area contributed by atoms with Crippen LogP contribution >= 0.6 is 0 Å². The molecule has 0 saturated carbocycles. The van der Waals surface area contributed by atoms with Crippen molar-refractivity contribution in [3.63, 3.8) is 0 Å². The summed E-state index contributed by atoms with van der Waals surface area (Å²) in [6.45, 7) is 4.29. The Kier molecular flexibility index (Phi) is 4.06. The fourth-order valence-corrected chi connectivity index (χ4v) is 2.16. The van der Waals surface area contributed by atoms with Gasteiger partial charge in [0.15, 0.2) is 5.72 Å². The van der Waals surface area contributed by atoms with Crippen molar-refractivity contribution in [1.82, 2.24) is 5.32 Å². The Bertz CT molecular complexity index is 587. The molecule has 2 rings (SSSR count). The molecule has 0 fully saturated rings. The molecule has 0 bridgehead atoms. The molecular formula is C15H17N3O2. The van der Waals surface area contributed by atoms with E-state index in [9.17, 15) is 5.26 Å². The summed E-state index contributed by atoms with van der Waals surface area (Å²) in [4.78, 5) is 4.42. The van der Waals surface area contributed by atoms with Gasteiger partial charge in [-0.2, -0.15) is 5.26 Å². The summed E-state index contributed by atoms with van der Waals surface area (Å²) in [6, 6.07) is 11.7. The first-order valence-electron chi connectivity index (χ1n) is 6.39. The molecule has 0 radical (unpaired) electrons. The third kappa shape index (κ3) is 2.51. The van der Waals surface area contributed by atoms with Crippen LogP contribution < -0.4 is 5.32 Å². The van der Waals surface area contributed by atoms with Crippen molar-refractivity contribution < 1.29 is 9.47 Å². The van der Waals surface area contributed by atoms with Crippen LogP contribution in [0.4, 0.5) is 0 Å². The van der Waals surface area contributed by atoms with Crippen molar-refractivity contribution in [3.05, 3.63) is 47.5 Å². The molecule has 1 aromatic carbocycles. The number of benzene rings is 1. The van der Waals surface area contributed by atoms with Gasteiger partial charge in [0, 0.05) is 12.2 Å². The summed E-state index contributed by atoms with van der Waals surface area (Å²) >= 11 is 0. The minimum atomic E-state index is -0.832. The average molecular weight is 271 g/mol. The van der Waals surface area contributed by atoms with Crippen LogP contribution in [-0.2, 0) is 9.47 Å². The first-order valence-corrected chi connectivity index (χ1v) is 6.39. The molecule has 20 heavy (non-hydrogen) atoms. The van der Waals surface area contributed by atoms with Crippen molar-refractivity contribution >= 4 is 5.71 Å². The van der Waals surface area contributed by atoms with Crippen LogP contribution in [0.3, 0.4) is 0 Å². The highest BCUT2D eigenvalue weighted by Gasteiger charge is 2.37. The summed E-state index contributed by atoms with van der Waals surface area (Å²) < 4.78 is 11.0. The molecule has 1 N–H and O–H groups in total. The molecule has 1 heterocycles. The molecule has 0 amide bonds. The smallest absolute Gasteiger partial charge is 0.226 e. The number of nitriles is 1. The Hall–Kier alpha value is -2.32. The number of hydrogen-bond acceptors (Lipinski definition) is 5. The maximum Gasteiger partial charge on any atom is 0.226 e. The summed E-state index contributed by atoms with van der Waals surface area (Å²) in [7, 11) is 1.50. The van der Waals surface area contributed by atoms with E-state index in [1.54, 1.807) is 0 Å². The van der Waals surface area contributed by atoms with Crippen molar-refractivity contribution in [3.8, 4) is 6.07 Å². The number of hydrogen-bond donors (Lipinski definition) is 1. The predicted molar refractivity (Wildman–Crippen MR) is 75.8 cm³/mol. The zero-order valence-corrected chi connectivity index (χ0v) is 11.8. The lowest BCUT2D eigenvalue weighted by Gasteiger charge is -2.36. The predicted octanol–water partition coefficient (Wildman–Crippen LogP) is 2.17. The Morgan fingerprint density at radius 3 is 2.60 bits per heavy atom. The maximum atomic E-state index is 9.18. The fraction of sp³-hybridized carbons (Fsp3) is 0.333.